The highest BCUT2D eigenvalue weighted by atomic mass is 35.5. The molecule has 1 unspecified atom stereocenters. The van der Waals surface area contributed by atoms with E-state index in [2.05, 4.69) is 59.2 Å². The molecule has 1 heterocycles. The van der Waals surface area contributed by atoms with Gasteiger partial charge >= 0.3 is 0 Å². The Labute approximate surface area is 135 Å². The molecule has 4 heteroatoms. The van der Waals surface area contributed by atoms with Gasteiger partial charge in [-0.1, -0.05) is 29.8 Å². The Morgan fingerprint density at radius 2 is 1.91 bits per heavy atom. The molecule has 0 bridgehead atoms. The maximum atomic E-state index is 5.94. The van der Waals surface area contributed by atoms with Gasteiger partial charge in [0.1, 0.15) is 5.82 Å². The number of aromatic amines is 1. The Morgan fingerprint density at radius 1 is 1.18 bits per heavy atom. The van der Waals surface area contributed by atoms with Crippen molar-refractivity contribution < 1.29 is 0 Å². The molecule has 3 rings (SSSR count). The smallest absolute Gasteiger partial charge is 0.104 e. The topological polar surface area (TPSA) is 31.9 Å². The molecule has 1 aromatic heterocycles. The van der Waals surface area contributed by atoms with Crippen molar-refractivity contribution in [2.45, 2.75) is 26.4 Å². The lowest BCUT2D eigenvalue weighted by molar-refractivity contribution is 0.253. The number of rotatable bonds is 4. The summed E-state index contributed by atoms with van der Waals surface area (Å²) < 4.78 is 0. The number of nitrogens with zero attached hydrogens (tertiary/aromatic N) is 2. The van der Waals surface area contributed by atoms with E-state index in [9.17, 15) is 0 Å². The van der Waals surface area contributed by atoms with Crippen LogP contribution in [0.2, 0.25) is 5.02 Å². The van der Waals surface area contributed by atoms with Crippen LogP contribution in [0, 0.1) is 6.92 Å². The highest BCUT2D eigenvalue weighted by Crippen LogP contribution is 2.24. The van der Waals surface area contributed by atoms with Gasteiger partial charge in [-0.05, 0) is 56.3 Å². The molecular formula is C18H20ClN3. The second-order valence-electron chi connectivity index (χ2n) is 5.82. The molecule has 3 aromatic rings. The van der Waals surface area contributed by atoms with Crippen molar-refractivity contribution in [2.24, 2.45) is 0 Å². The molecule has 3 nitrogen and oxygen atoms in total. The van der Waals surface area contributed by atoms with Crippen LogP contribution in [0.1, 0.15) is 29.9 Å². The first-order chi connectivity index (χ1) is 10.5. The molecule has 0 aliphatic heterocycles. The van der Waals surface area contributed by atoms with E-state index in [1.807, 2.05) is 19.1 Å². The number of fused-ring (bicyclic) bond motifs is 1. The average molecular weight is 314 g/mol. The summed E-state index contributed by atoms with van der Waals surface area (Å²) >= 11 is 5.94. The molecule has 0 fully saturated rings. The summed E-state index contributed by atoms with van der Waals surface area (Å²) in [5.41, 5.74) is 4.67. The number of imidazole rings is 1. The van der Waals surface area contributed by atoms with Gasteiger partial charge in [-0.25, -0.2) is 4.98 Å². The summed E-state index contributed by atoms with van der Waals surface area (Å²) in [6.45, 7) is 5.09. The average Bonchev–Trinajstić information content (AvgIpc) is 2.87. The van der Waals surface area contributed by atoms with Crippen molar-refractivity contribution >= 4 is 22.6 Å². The largest absolute Gasteiger partial charge is 0.342 e. The summed E-state index contributed by atoms with van der Waals surface area (Å²) in [6, 6.07) is 14.8. The van der Waals surface area contributed by atoms with Crippen LogP contribution in [0.3, 0.4) is 0 Å². The highest BCUT2D eigenvalue weighted by molar-refractivity contribution is 6.30. The molecule has 114 valence electrons. The monoisotopic (exact) mass is 313 g/mol. The van der Waals surface area contributed by atoms with Crippen LogP contribution < -0.4 is 0 Å². The van der Waals surface area contributed by atoms with Gasteiger partial charge in [0.2, 0.25) is 0 Å². The minimum atomic E-state index is 0.323. The number of hydrogen-bond acceptors (Lipinski definition) is 2. The zero-order chi connectivity index (χ0) is 15.7. The number of aryl methyl sites for hydroxylation is 1. The van der Waals surface area contributed by atoms with Crippen LogP contribution >= 0.6 is 11.6 Å². The van der Waals surface area contributed by atoms with Crippen molar-refractivity contribution in [1.82, 2.24) is 14.9 Å². The third-order valence-electron chi connectivity index (χ3n) is 4.11. The molecular weight excluding hydrogens is 294 g/mol. The third-order valence-corrected chi connectivity index (χ3v) is 4.37. The molecule has 0 spiro atoms. The fourth-order valence-electron chi connectivity index (χ4n) is 2.68. The fraction of sp³-hybridized carbons (Fsp3) is 0.278. The standard InChI is InChI=1S/C18H20ClN3/c1-12(22(3)11-14-4-7-16(19)8-5-14)15-6-9-17-18(10-15)21-13(2)20-17/h4-10,12H,11H2,1-3H3,(H,20,21). The molecule has 0 aliphatic carbocycles. The van der Waals surface area contributed by atoms with Gasteiger partial charge in [0.25, 0.3) is 0 Å². The lowest BCUT2D eigenvalue weighted by Gasteiger charge is -2.25. The van der Waals surface area contributed by atoms with Gasteiger partial charge in [0, 0.05) is 17.6 Å². The van der Waals surface area contributed by atoms with E-state index in [0.717, 1.165) is 28.4 Å². The molecule has 0 radical (unpaired) electrons. The Balaban J connectivity index is 1.78. The van der Waals surface area contributed by atoms with Crippen molar-refractivity contribution in [3.05, 3.63) is 64.4 Å². The fourth-order valence-corrected chi connectivity index (χ4v) is 2.81. The predicted molar refractivity (Wildman–Crippen MR) is 92.2 cm³/mol. The Kier molecular flexibility index (Phi) is 4.19. The first-order valence-corrected chi connectivity index (χ1v) is 7.81. The van der Waals surface area contributed by atoms with Crippen molar-refractivity contribution in [2.75, 3.05) is 7.05 Å². The first kappa shape index (κ1) is 15.1. The molecule has 1 atom stereocenters. The zero-order valence-corrected chi connectivity index (χ0v) is 13.9. The van der Waals surface area contributed by atoms with Gasteiger partial charge in [-0.3, -0.25) is 4.90 Å². The van der Waals surface area contributed by atoms with E-state index in [4.69, 9.17) is 11.6 Å². The van der Waals surface area contributed by atoms with Crippen molar-refractivity contribution in [1.29, 1.82) is 0 Å². The first-order valence-electron chi connectivity index (χ1n) is 7.44. The highest BCUT2D eigenvalue weighted by Gasteiger charge is 2.13. The van der Waals surface area contributed by atoms with Crippen molar-refractivity contribution in [3.63, 3.8) is 0 Å². The van der Waals surface area contributed by atoms with E-state index < -0.39 is 0 Å². The van der Waals surface area contributed by atoms with E-state index in [1.54, 1.807) is 0 Å². The van der Waals surface area contributed by atoms with Gasteiger partial charge in [-0.15, -0.1) is 0 Å². The lowest BCUT2D eigenvalue weighted by atomic mass is 10.1. The van der Waals surface area contributed by atoms with Gasteiger partial charge < -0.3 is 4.98 Å². The Hall–Kier alpha value is -1.84. The minimum absolute atomic E-state index is 0.323. The number of aromatic nitrogens is 2. The van der Waals surface area contributed by atoms with Crippen LogP contribution in [0.5, 0.6) is 0 Å². The quantitative estimate of drug-likeness (QED) is 0.756. The normalized spacial score (nSPS) is 13.0. The number of benzene rings is 2. The third kappa shape index (κ3) is 3.16. The molecule has 1 N–H and O–H groups in total. The van der Waals surface area contributed by atoms with E-state index in [1.165, 1.54) is 11.1 Å². The van der Waals surface area contributed by atoms with Crippen LogP contribution in [0.25, 0.3) is 11.0 Å². The van der Waals surface area contributed by atoms with E-state index in [0.29, 0.717) is 6.04 Å². The summed E-state index contributed by atoms with van der Waals surface area (Å²) in [6.07, 6.45) is 0. The molecule has 0 saturated heterocycles. The summed E-state index contributed by atoms with van der Waals surface area (Å²) in [5.74, 6) is 0.953. The molecule has 0 aliphatic rings. The van der Waals surface area contributed by atoms with Gasteiger partial charge in [-0.2, -0.15) is 0 Å². The predicted octanol–water partition coefficient (Wildman–Crippen LogP) is 4.72. The maximum Gasteiger partial charge on any atom is 0.104 e. The molecule has 0 saturated carbocycles. The molecule has 22 heavy (non-hydrogen) atoms. The van der Waals surface area contributed by atoms with Crippen LogP contribution in [-0.4, -0.2) is 21.9 Å². The van der Waals surface area contributed by atoms with Crippen LogP contribution in [0.4, 0.5) is 0 Å². The number of hydrogen-bond donors (Lipinski definition) is 1. The van der Waals surface area contributed by atoms with Crippen LogP contribution in [0.15, 0.2) is 42.5 Å². The lowest BCUT2D eigenvalue weighted by Crippen LogP contribution is -2.21. The van der Waals surface area contributed by atoms with E-state index in [-0.39, 0.29) is 0 Å². The zero-order valence-electron chi connectivity index (χ0n) is 13.1. The second kappa shape index (κ2) is 6.11. The number of halogens is 1. The van der Waals surface area contributed by atoms with Crippen molar-refractivity contribution in [3.8, 4) is 0 Å². The number of nitrogens with one attached hydrogen (secondary N) is 1. The Morgan fingerprint density at radius 3 is 2.64 bits per heavy atom. The maximum absolute atomic E-state index is 5.94. The SMILES string of the molecule is Cc1nc2ccc(C(C)N(C)Cc3ccc(Cl)cc3)cc2[nH]1. The summed E-state index contributed by atoms with van der Waals surface area (Å²) in [7, 11) is 2.14. The van der Waals surface area contributed by atoms with Crippen LogP contribution in [-0.2, 0) is 6.54 Å². The molecule has 2 aromatic carbocycles. The molecule has 0 amide bonds. The Bertz CT molecular complexity index is 777. The second-order valence-corrected chi connectivity index (χ2v) is 6.25. The summed E-state index contributed by atoms with van der Waals surface area (Å²) in [5, 5.41) is 0.777. The minimum Gasteiger partial charge on any atom is -0.342 e. The van der Waals surface area contributed by atoms with Gasteiger partial charge in [0.05, 0.1) is 11.0 Å². The van der Waals surface area contributed by atoms with E-state index >= 15 is 0 Å². The van der Waals surface area contributed by atoms with Gasteiger partial charge in [0.15, 0.2) is 0 Å². The summed E-state index contributed by atoms with van der Waals surface area (Å²) in [4.78, 5) is 10.1. The number of H-pyrrole nitrogens is 1.